The van der Waals surface area contributed by atoms with Gasteiger partial charge >= 0.3 is 0 Å². The molecule has 1 aliphatic rings. The van der Waals surface area contributed by atoms with Crippen molar-refractivity contribution in [3.05, 3.63) is 65.2 Å². The lowest BCUT2D eigenvalue weighted by Crippen LogP contribution is -2.17. The van der Waals surface area contributed by atoms with Gasteiger partial charge in [0.25, 0.3) is 5.91 Å². The van der Waals surface area contributed by atoms with Crippen LogP contribution in [0.15, 0.2) is 59.6 Å². The molecule has 1 amide bonds. The minimum atomic E-state index is -0.148. The summed E-state index contributed by atoms with van der Waals surface area (Å²) in [6.45, 7) is 0. The number of hydrogen-bond acceptors (Lipinski definition) is 5. The monoisotopic (exact) mass is 363 g/mol. The van der Waals surface area contributed by atoms with Crippen LogP contribution in [0.25, 0.3) is 28.1 Å². The number of carbonyl (C=O) groups is 1. The molecular formula is C19H13N3OS2. The van der Waals surface area contributed by atoms with Gasteiger partial charge in [0, 0.05) is 17.3 Å². The average Bonchev–Trinajstić information content (AvgIpc) is 2.92. The van der Waals surface area contributed by atoms with Gasteiger partial charge in [-0.1, -0.05) is 48.2 Å². The predicted octanol–water partition coefficient (Wildman–Crippen LogP) is 3.97. The highest BCUT2D eigenvalue weighted by atomic mass is 32.2. The number of pyridine rings is 1. The minimum absolute atomic E-state index is 0.148. The number of rotatable bonds is 2. The van der Waals surface area contributed by atoms with Crippen LogP contribution in [-0.4, -0.2) is 15.2 Å². The normalized spacial score (nSPS) is 15.8. The van der Waals surface area contributed by atoms with E-state index in [2.05, 4.69) is 10.3 Å². The summed E-state index contributed by atoms with van der Waals surface area (Å²) < 4.78 is 0.491. The Morgan fingerprint density at radius 1 is 1.12 bits per heavy atom. The molecule has 2 heterocycles. The number of thioether (sulfide) groups is 1. The van der Waals surface area contributed by atoms with Crippen LogP contribution in [-0.2, 0) is 4.79 Å². The van der Waals surface area contributed by atoms with Crippen molar-refractivity contribution in [1.29, 1.82) is 0 Å². The first-order valence-electron chi connectivity index (χ1n) is 7.60. The van der Waals surface area contributed by atoms with E-state index in [0.717, 1.165) is 27.6 Å². The summed E-state index contributed by atoms with van der Waals surface area (Å²) in [7, 11) is 0. The van der Waals surface area contributed by atoms with Crippen LogP contribution in [0.3, 0.4) is 0 Å². The number of amides is 1. The Balaban J connectivity index is 1.75. The molecule has 0 spiro atoms. The van der Waals surface area contributed by atoms with Gasteiger partial charge in [-0.05, 0) is 47.0 Å². The fourth-order valence-electron chi connectivity index (χ4n) is 2.73. The fraction of sp³-hybridized carbons (Fsp3) is 0. The molecule has 1 saturated heterocycles. The van der Waals surface area contributed by atoms with Crippen LogP contribution in [0.5, 0.6) is 0 Å². The maximum absolute atomic E-state index is 11.8. The van der Waals surface area contributed by atoms with E-state index < -0.39 is 0 Å². The number of nitrogens with zero attached hydrogens (tertiary/aromatic N) is 1. The third-order valence-corrected chi connectivity index (χ3v) is 5.10. The molecule has 0 aliphatic carbocycles. The van der Waals surface area contributed by atoms with Crippen LogP contribution in [0, 0.1) is 0 Å². The number of carbonyl (C=O) groups excluding carboxylic acids is 1. The Labute approximate surface area is 154 Å². The zero-order valence-electron chi connectivity index (χ0n) is 13.0. The molecule has 1 aliphatic heterocycles. The summed E-state index contributed by atoms with van der Waals surface area (Å²) in [6, 6.07) is 15.8. The molecule has 0 unspecified atom stereocenters. The van der Waals surface area contributed by atoms with Gasteiger partial charge in [0.15, 0.2) is 0 Å². The number of aromatic nitrogens is 1. The number of fused-ring (bicyclic) bond motifs is 1. The lowest BCUT2D eigenvalue weighted by atomic mass is 10.0. The van der Waals surface area contributed by atoms with Gasteiger partial charge in [0.1, 0.15) is 4.32 Å². The van der Waals surface area contributed by atoms with Crippen molar-refractivity contribution in [3.63, 3.8) is 0 Å². The van der Waals surface area contributed by atoms with Gasteiger partial charge in [-0.2, -0.15) is 0 Å². The number of thiocarbonyl (C=S) groups is 1. The molecule has 3 N–H and O–H groups in total. The molecule has 0 radical (unpaired) electrons. The van der Waals surface area contributed by atoms with Gasteiger partial charge in [0.05, 0.1) is 10.4 Å². The highest BCUT2D eigenvalue weighted by molar-refractivity contribution is 8.26. The molecule has 2 aromatic carbocycles. The zero-order chi connectivity index (χ0) is 17.4. The largest absolute Gasteiger partial charge is 0.398 e. The second-order valence-electron chi connectivity index (χ2n) is 5.61. The van der Waals surface area contributed by atoms with Crippen LogP contribution in [0.2, 0.25) is 0 Å². The van der Waals surface area contributed by atoms with Crippen molar-refractivity contribution >= 4 is 56.9 Å². The minimum Gasteiger partial charge on any atom is -0.398 e. The molecule has 6 heteroatoms. The maximum Gasteiger partial charge on any atom is 0.263 e. The second-order valence-corrected chi connectivity index (χ2v) is 7.33. The molecule has 0 bridgehead atoms. The Hall–Kier alpha value is -2.70. The van der Waals surface area contributed by atoms with Crippen LogP contribution >= 0.6 is 24.0 Å². The van der Waals surface area contributed by atoms with Crippen LogP contribution < -0.4 is 11.1 Å². The van der Waals surface area contributed by atoms with E-state index in [1.54, 1.807) is 12.3 Å². The highest BCUT2D eigenvalue weighted by Gasteiger charge is 2.21. The van der Waals surface area contributed by atoms with Crippen LogP contribution in [0.1, 0.15) is 5.56 Å². The van der Waals surface area contributed by atoms with E-state index in [-0.39, 0.29) is 5.91 Å². The van der Waals surface area contributed by atoms with E-state index >= 15 is 0 Å². The maximum atomic E-state index is 11.8. The van der Waals surface area contributed by atoms with Gasteiger partial charge in [-0.15, -0.1) is 0 Å². The number of nitrogens with one attached hydrogen (secondary N) is 1. The zero-order valence-corrected chi connectivity index (χ0v) is 14.7. The van der Waals surface area contributed by atoms with Crippen LogP contribution in [0.4, 0.5) is 5.69 Å². The second kappa shape index (κ2) is 6.31. The number of hydrogen-bond donors (Lipinski definition) is 2. The van der Waals surface area contributed by atoms with E-state index in [0.29, 0.717) is 14.9 Å². The third kappa shape index (κ3) is 3.14. The van der Waals surface area contributed by atoms with E-state index in [1.807, 2.05) is 48.5 Å². The van der Waals surface area contributed by atoms with Crippen molar-refractivity contribution in [3.8, 4) is 11.1 Å². The standard InChI is InChI=1S/C19H13N3OS2/c20-15-6-7-21-16-5-4-13(10-14(15)16)12-3-1-2-11(8-12)9-17-18(23)22-19(24)25-17/h1-10H,(H2,20,21)(H,22,23,24). The van der Waals surface area contributed by atoms with Crippen molar-refractivity contribution in [1.82, 2.24) is 10.3 Å². The Bertz CT molecular complexity index is 1060. The summed E-state index contributed by atoms with van der Waals surface area (Å²) in [4.78, 5) is 16.8. The molecule has 25 heavy (non-hydrogen) atoms. The van der Waals surface area contributed by atoms with Gasteiger partial charge in [-0.25, -0.2) is 0 Å². The quantitative estimate of drug-likeness (QED) is 0.533. The smallest absolute Gasteiger partial charge is 0.263 e. The molecular weight excluding hydrogens is 350 g/mol. The van der Waals surface area contributed by atoms with Gasteiger partial charge in [0.2, 0.25) is 0 Å². The SMILES string of the molecule is Nc1ccnc2ccc(-c3cccc(C=C4SC(=S)NC4=O)c3)cc12. The van der Waals surface area contributed by atoms with E-state index in [1.165, 1.54) is 11.8 Å². The van der Waals surface area contributed by atoms with Crippen molar-refractivity contribution < 1.29 is 4.79 Å². The number of nitrogen functional groups attached to an aromatic ring is 1. The summed E-state index contributed by atoms with van der Waals surface area (Å²) in [5, 5.41) is 3.56. The highest BCUT2D eigenvalue weighted by Crippen LogP contribution is 2.29. The molecule has 4 nitrogen and oxygen atoms in total. The molecule has 122 valence electrons. The summed E-state index contributed by atoms with van der Waals surface area (Å²) >= 11 is 6.30. The lowest BCUT2D eigenvalue weighted by molar-refractivity contribution is -0.115. The first-order chi connectivity index (χ1) is 12.1. The van der Waals surface area contributed by atoms with Gasteiger partial charge in [-0.3, -0.25) is 9.78 Å². The van der Waals surface area contributed by atoms with Crippen molar-refractivity contribution in [2.24, 2.45) is 0 Å². The molecule has 1 fully saturated rings. The predicted molar refractivity (Wildman–Crippen MR) is 108 cm³/mol. The van der Waals surface area contributed by atoms with Crippen molar-refractivity contribution in [2.45, 2.75) is 0 Å². The summed E-state index contributed by atoms with van der Waals surface area (Å²) in [5.41, 5.74) is 10.7. The summed E-state index contributed by atoms with van der Waals surface area (Å²) in [5.74, 6) is -0.148. The van der Waals surface area contributed by atoms with Gasteiger partial charge < -0.3 is 11.1 Å². The lowest BCUT2D eigenvalue weighted by Gasteiger charge is -2.07. The average molecular weight is 363 g/mol. The molecule has 0 saturated carbocycles. The number of nitrogens with two attached hydrogens (primary N) is 1. The first kappa shape index (κ1) is 15.8. The molecule has 1 aromatic heterocycles. The number of anilines is 1. The van der Waals surface area contributed by atoms with E-state index in [9.17, 15) is 4.79 Å². The fourth-order valence-corrected chi connectivity index (χ4v) is 3.77. The first-order valence-corrected chi connectivity index (χ1v) is 8.82. The molecule has 0 atom stereocenters. The van der Waals surface area contributed by atoms with Crippen molar-refractivity contribution in [2.75, 3.05) is 5.73 Å². The Morgan fingerprint density at radius 3 is 2.76 bits per heavy atom. The number of benzene rings is 2. The van der Waals surface area contributed by atoms with E-state index in [4.69, 9.17) is 18.0 Å². The molecule has 4 rings (SSSR count). The summed E-state index contributed by atoms with van der Waals surface area (Å²) in [6.07, 6.45) is 3.55. The third-order valence-electron chi connectivity index (χ3n) is 3.94. The Morgan fingerprint density at radius 2 is 1.96 bits per heavy atom. The molecule has 3 aromatic rings. The Kier molecular flexibility index (Phi) is 3.99. The topological polar surface area (TPSA) is 68.0 Å².